The van der Waals surface area contributed by atoms with Gasteiger partial charge >= 0.3 is 18.2 Å². The van der Waals surface area contributed by atoms with E-state index in [-0.39, 0.29) is 5.56 Å². The Morgan fingerprint density at radius 1 is 0.952 bits per heavy atom. The molecule has 0 aliphatic carbocycles. The van der Waals surface area contributed by atoms with Gasteiger partial charge in [-0.15, -0.1) is 0 Å². The first-order valence-corrected chi connectivity index (χ1v) is 6.22. The first-order chi connectivity index (χ1) is 9.82. The fourth-order valence-corrected chi connectivity index (χ4v) is 0.929. The maximum absolute atomic E-state index is 12.0. The van der Waals surface area contributed by atoms with Crippen molar-refractivity contribution in [1.82, 2.24) is 0 Å². The second kappa shape index (κ2) is 10.8. The zero-order chi connectivity index (χ0) is 17.1. The monoisotopic (exact) mass is 312 g/mol. The lowest BCUT2D eigenvalue weighted by atomic mass is 10.2. The Balaban J connectivity index is 0. The molecule has 0 radical (unpaired) electrons. The summed E-state index contributed by atoms with van der Waals surface area (Å²) in [4.78, 5) is 11.1. The highest BCUT2D eigenvalue weighted by molar-refractivity contribution is 5.90. The van der Waals surface area contributed by atoms with Crippen LogP contribution in [-0.2, 0) is 4.74 Å². The van der Waals surface area contributed by atoms with E-state index in [1.807, 2.05) is 27.7 Å². The first-order valence-electron chi connectivity index (χ1n) is 6.22. The van der Waals surface area contributed by atoms with Crippen LogP contribution < -0.4 is 0 Å². The first kappa shape index (κ1) is 21.4. The molecular formula is C14H17F5O2. The van der Waals surface area contributed by atoms with Crippen molar-refractivity contribution in [3.63, 3.8) is 0 Å². The zero-order valence-corrected chi connectivity index (χ0v) is 12.1. The van der Waals surface area contributed by atoms with Crippen LogP contribution in [0.25, 0.3) is 0 Å². The molecular weight excluding hydrogens is 295 g/mol. The van der Waals surface area contributed by atoms with Crippen molar-refractivity contribution >= 4 is 5.97 Å². The molecule has 0 amide bonds. The molecule has 1 aromatic carbocycles. The number of alkyl halides is 3. The molecule has 7 heteroatoms. The number of ether oxygens (including phenoxy) is 1. The number of rotatable bonds is 2. The van der Waals surface area contributed by atoms with Crippen LogP contribution in [0.2, 0.25) is 0 Å². The third-order valence-electron chi connectivity index (χ3n) is 1.63. The number of allylic oxidation sites excluding steroid dienone is 1. The number of carbonyl (C=O) groups excluding carboxylic acids is 1. The average molecular weight is 312 g/mol. The Morgan fingerprint density at radius 3 is 1.71 bits per heavy atom. The van der Waals surface area contributed by atoms with E-state index >= 15 is 0 Å². The van der Waals surface area contributed by atoms with Crippen molar-refractivity contribution in [2.45, 2.75) is 33.9 Å². The fourth-order valence-electron chi connectivity index (χ4n) is 0.929. The maximum Gasteiger partial charge on any atom is 0.455 e. The number of hydrogen-bond donors (Lipinski definition) is 0. The van der Waals surface area contributed by atoms with Crippen LogP contribution in [0.3, 0.4) is 0 Å². The minimum Gasteiger partial charge on any atom is -0.412 e. The Hall–Kier alpha value is -1.92. The topological polar surface area (TPSA) is 26.3 Å². The van der Waals surface area contributed by atoms with Gasteiger partial charge in [-0.2, -0.15) is 22.0 Å². The lowest BCUT2D eigenvalue weighted by Gasteiger charge is -2.10. The van der Waals surface area contributed by atoms with Crippen molar-refractivity contribution in [2.75, 3.05) is 0 Å². The number of esters is 1. The molecule has 0 saturated carbocycles. The summed E-state index contributed by atoms with van der Waals surface area (Å²) in [5.74, 6) is -4.09. The molecule has 1 aromatic rings. The van der Waals surface area contributed by atoms with Crippen molar-refractivity contribution in [3.8, 4) is 0 Å². The van der Waals surface area contributed by atoms with Gasteiger partial charge in [0.15, 0.2) is 0 Å². The quantitative estimate of drug-likeness (QED) is 0.405. The van der Waals surface area contributed by atoms with Crippen LogP contribution in [0.5, 0.6) is 0 Å². The third-order valence-corrected chi connectivity index (χ3v) is 1.63. The summed E-state index contributed by atoms with van der Waals surface area (Å²) < 4.78 is 63.6. The van der Waals surface area contributed by atoms with E-state index in [0.717, 1.165) is 12.1 Å². The molecule has 0 N–H and O–H groups in total. The molecule has 2 nitrogen and oxygen atoms in total. The summed E-state index contributed by atoms with van der Waals surface area (Å²) in [6, 6.07) is 6.52. The third kappa shape index (κ3) is 8.06. The van der Waals surface area contributed by atoms with E-state index < -0.39 is 24.0 Å². The molecule has 0 fully saturated rings. The average Bonchev–Trinajstić information content (AvgIpc) is 2.48. The highest BCUT2D eigenvalue weighted by Crippen LogP contribution is 2.30. The smallest absolute Gasteiger partial charge is 0.412 e. The summed E-state index contributed by atoms with van der Waals surface area (Å²) in [6.07, 6.45) is -8.51. The summed E-state index contributed by atoms with van der Waals surface area (Å²) in [7, 11) is 0. The van der Waals surface area contributed by atoms with Crippen molar-refractivity contribution in [2.24, 2.45) is 0 Å². The molecule has 0 unspecified atom stereocenters. The van der Waals surface area contributed by atoms with Crippen LogP contribution >= 0.6 is 0 Å². The lowest BCUT2D eigenvalue weighted by molar-refractivity contribution is -0.127. The van der Waals surface area contributed by atoms with Gasteiger partial charge in [0.2, 0.25) is 0 Å². The second-order valence-electron chi connectivity index (χ2n) is 2.84. The minimum absolute atomic E-state index is 0.254. The Labute approximate surface area is 120 Å². The summed E-state index contributed by atoms with van der Waals surface area (Å²) in [6.45, 7) is 8.00. The van der Waals surface area contributed by atoms with E-state index in [0.29, 0.717) is 0 Å². The van der Waals surface area contributed by atoms with Gasteiger partial charge in [0, 0.05) is 0 Å². The molecule has 120 valence electrons. The normalized spacial score (nSPS) is 9.38. The van der Waals surface area contributed by atoms with E-state index in [4.69, 9.17) is 0 Å². The predicted octanol–water partition coefficient (Wildman–Crippen LogP) is 5.57. The summed E-state index contributed by atoms with van der Waals surface area (Å²) >= 11 is 0. The highest BCUT2D eigenvalue weighted by atomic mass is 19.4. The molecule has 0 heterocycles. The maximum atomic E-state index is 12.0. The van der Waals surface area contributed by atoms with Gasteiger partial charge in [-0.05, 0) is 12.1 Å². The molecule has 0 atom stereocenters. The molecule has 0 spiro atoms. The number of halogens is 5. The standard InChI is InChI=1S/C10H5F5O2.2C2H6/c11-8(12)7(10(13,14)15)17-9(16)6-4-2-1-3-5-6;2*1-2/h1-5H;2*1-2H3. The molecule has 0 aliphatic rings. The van der Waals surface area contributed by atoms with Gasteiger partial charge in [-0.1, -0.05) is 45.9 Å². The zero-order valence-electron chi connectivity index (χ0n) is 12.1. The Kier molecular flexibility index (Phi) is 11.0. The largest absolute Gasteiger partial charge is 0.455 e. The van der Waals surface area contributed by atoms with Gasteiger partial charge in [0.05, 0.1) is 5.56 Å². The fraction of sp³-hybridized carbons (Fsp3) is 0.357. The molecule has 0 aliphatic heterocycles. The molecule has 0 aromatic heterocycles. The number of benzene rings is 1. The minimum atomic E-state index is -5.41. The van der Waals surface area contributed by atoms with Crippen molar-refractivity contribution < 1.29 is 31.5 Å². The second-order valence-corrected chi connectivity index (χ2v) is 2.84. The Morgan fingerprint density at radius 2 is 1.38 bits per heavy atom. The van der Waals surface area contributed by atoms with Gasteiger partial charge in [0.25, 0.3) is 5.76 Å². The van der Waals surface area contributed by atoms with Crippen LogP contribution in [0.4, 0.5) is 22.0 Å². The van der Waals surface area contributed by atoms with Crippen LogP contribution in [0, 0.1) is 0 Å². The summed E-state index contributed by atoms with van der Waals surface area (Å²) in [5.41, 5.74) is -0.254. The Bertz CT molecular complexity index is 434. The predicted molar refractivity (Wildman–Crippen MR) is 69.9 cm³/mol. The van der Waals surface area contributed by atoms with E-state index in [9.17, 15) is 26.7 Å². The van der Waals surface area contributed by atoms with E-state index in [2.05, 4.69) is 4.74 Å². The molecule has 0 saturated heterocycles. The molecule has 21 heavy (non-hydrogen) atoms. The molecule has 0 bridgehead atoms. The van der Waals surface area contributed by atoms with Crippen molar-refractivity contribution in [3.05, 3.63) is 47.7 Å². The SMILES string of the molecule is CC.CC.O=C(OC(=C(F)F)C(F)(F)F)c1ccccc1. The van der Waals surface area contributed by atoms with Crippen LogP contribution in [-0.4, -0.2) is 12.1 Å². The van der Waals surface area contributed by atoms with Gasteiger partial charge in [-0.25, -0.2) is 4.79 Å². The number of hydrogen-bond acceptors (Lipinski definition) is 2. The van der Waals surface area contributed by atoms with Gasteiger partial charge in [-0.3, -0.25) is 0 Å². The van der Waals surface area contributed by atoms with E-state index in [1.165, 1.54) is 18.2 Å². The highest BCUT2D eigenvalue weighted by Gasteiger charge is 2.42. The van der Waals surface area contributed by atoms with Crippen LogP contribution in [0.15, 0.2) is 42.2 Å². The molecule has 1 rings (SSSR count). The van der Waals surface area contributed by atoms with Gasteiger partial charge in [0.1, 0.15) is 0 Å². The lowest BCUT2D eigenvalue weighted by Crippen LogP contribution is -2.19. The number of carbonyl (C=O) groups is 1. The van der Waals surface area contributed by atoms with Crippen molar-refractivity contribution in [1.29, 1.82) is 0 Å². The van der Waals surface area contributed by atoms with Gasteiger partial charge < -0.3 is 4.74 Å². The van der Waals surface area contributed by atoms with E-state index in [1.54, 1.807) is 0 Å². The van der Waals surface area contributed by atoms with Crippen LogP contribution in [0.1, 0.15) is 38.1 Å². The summed E-state index contributed by atoms with van der Waals surface area (Å²) in [5, 5.41) is 0.